The molecule has 1 amide bonds. The Kier molecular flexibility index (Phi) is 5.92. The number of rotatable bonds is 6. The fraction of sp³-hybridized carbons (Fsp3) is 0.391. The fourth-order valence-electron chi connectivity index (χ4n) is 3.85. The Balaban J connectivity index is 1.62. The van der Waals surface area contributed by atoms with Gasteiger partial charge < -0.3 is 19.6 Å². The van der Waals surface area contributed by atoms with Gasteiger partial charge in [-0.3, -0.25) is 14.5 Å². The van der Waals surface area contributed by atoms with Gasteiger partial charge in [-0.2, -0.15) is 5.10 Å². The number of hydrogen-bond donors (Lipinski definition) is 1. The Bertz CT molecular complexity index is 1150. The summed E-state index contributed by atoms with van der Waals surface area (Å²) in [4.78, 5) is 27.9. The summed E-state index contributed by atoms with van der Waals surface area (Å²) in [7, 11) is 1.50. The van der Waals surface area contributed by atoms with E-state index in [-0.39, 0.29) is 23.4 Å². The summed E-state index contributed by atoms with van der Waals surface area (Å²) in [5, 5.41) is 8.20. The van der Waals surface area contributed by atoms with Crippen molar-refractivity contribution < 1.29 is 23.5 Å². The molecule has 0 saturated carbocycles. The number of halogens is 1. The molecule has 0 spiro atoms. The molecule has 168 valence electrons. The van der Waals surface area contributed by atoms with Crippen molar-refractivity contribution in [2.24, 2.45) is 0 Å². The van der Waals surface area contributed by atoms with E-state index in [0.29, 0.717) is 30.0 Å². The van der Waals surface area contributed by atoms with Crippen LogP contribution in [0.1, 0.15) is 48.8 Å². The normalized spacial score (nSPS) is 19.0. The second-order valence-electron chi connectivity index (χ2n) is 8.29. The van der Waals surface area contributed by atoms with Gasteiger partial charge in [0.25, 0.3) is 5.91 Å². The molecule has 0 bridgehead atoms. The Hall–Kier alpha value is -3.33. The van der Waals surface area contributed by atoms with Crippen LogP contribution in [0.15, 0.2) is 36.7 Å². The van der Waals surface area contributed by atoms with E-state index in [0.717, 1.165) is 18.1 Å². The Labute approximate surface area is 184 Å². The van der Waals surface area contributed by atoms with Gasteiger partial charge in [0.2, 0.25) is 0 Å². The molecule has 1 N–H and O–H groups in total. The van der Waals surface area contributed by atoms with Crippen LogP contribution in [0.4, 0.5) is 10.1 Å². The van der Waals surface area contributed by atoms with E-state index in [2.05, 4.69) is 15.4 Å². The monoisotopic (exact) mass is 440 g/mol. The summed E-state index contributed by atoms with van der Waals surface area (Å²) in [6, 6.07) is 6.66. The molecule has 0 aliphatic carbocycles. The van der Waals surface area contributed by atoms with Crippen LogP contribution in [0.3, 0.4) is 0 Å². The molecule has 1 aromatic carbocycles. The first-order chi connectivity index (χ1) is 15.3. The molecule has 9 heteroatoms. The minimum absolute atomic E-state index is 0.0157. The number of fused-ring (bicyclic) bond motifs is 1. The molecule has 1 aliphatic heterocycles. The first-order valence-electron chi connectivity index (χ1n) is 10.4. The topological polar surface area (TPSA) is 95.3 Å². The van der Waals surface area contributed by atoms with Crippen molar-refractivity contribution in [3.05, 3.63) is 47.9 Å². The number of nitrogens with one attached hydrogen (secondary N) is 1. The maximum absolute atomic E-state index is 14.6. The van der Waals surface area contributed by atoms with E-state index in [1.165, 1.54) is 27.2 Å². The van der Waals surface area contributed by atoms with Gasteiger partial charge in [0.15, 0.2) is 0 Å². The number of aromatic nitrogens is 3. The second-order valence-corrected chi connectivity index (χ2v) is 8.29. The lowest BCUT2D eigenvalue weighted by atomic mass is 9.98. The van der Waals surface area contributed by atoms with Crippen molar-refractivity contribution in [3.63, 3.8) is 0 Å². The molecular formula is C23H25FN4O4. The lowest BCUT2D eigenvalue weighted by Crippen LogP contribution is -2.28. The maximum atomic E-state index is 14.6. The molecule has 3 heterocycles. The number of methoxy groups -OCH3 is 1. The van der Waals surface area contributed by atoms with E-state index in [1.807, 2.05) is 10.9 Å². The number of carbonyl (C=O) groups is 2. The molecule has 0 unspecified atom stereocenters. The Morgan fingerprint density at radius 3 is 2.84 bits per heavy atom. The molecular weight excluding hydrogens is 415 g/mol. The summed E-state index contributed by atoms with van der Waals surface area (Å²) < 4.78 is 27.4. The highest BCUT2D eigenvalue weighted by Gasteiger charge is 2.27. The molecule has 1 saturated heterocycles. The minimum Gasteiger partial charge on any atom is -0.494 e. The van der Waals surface area contributed by atoms with Gasteiger partial charge in [0.05, 0.1) is 31.0 Å². The number of alkyl halides is 1. The third-order valence-corrected chi connectivity index (χ3v) is 5.57. The zero-order valence-electron chi connectivity index (χ0n) is 18.2. The van der Waals surface area contributed by atoms with E-state index in [1.54, 1.807) is 24.3 Å². The van der Waals surface area contributed by atoms with Crippen LogP contribution in [0.25, 0.3) is 10.9 Å². The van der Waals surface area contributed by atoms with Crippen molar-refractivity contribution in [2.75, 3.05) is 19.0 Å². The number of hydrogen-bond acceptors (Lipinski definition) is 6. The molecule has 1 fully saturated rings. The molecule has 3 aromatic rings. The van der Waals surface area contributed by atoms with E-state index in [9.17, 15) is 14.0 Å². The van der Waals surface area contributed by atoms with Gasteiger partial charge in [0, 0.05) is 29.4 Å². The number of pyridine rings is 1. The smallest absolute Gasteiger partial charge is 0.274 e. The molecule has 2 atom stereocenters. The number of anilines is 1. The quantitative estimate of drug-likeness (QED) is 0.586. The number of amides is 1. The molecule has 1 aliphatic rings. The zero-order chi connectivity index (χ0) is 22.9. The summed E-state index contributed by atoms with van der Waals surface area (Å²) in [6.45, 7) is 3.17. The summed E-state index contributed by atoms with van der Waals surface area (Å²) >= 11 is 0. The van der Waals surface area contributed by atoms with Crippen LogP contribution in [0.2, 0.25) is 0 Å². The molecule has 4 rings (SSSR count). The van der Waals surface area contributed by atoms with Crippen LogP contribution in [-0.4, -0.2) is 46.8 Å². The molecule has 8 nitrogen and oxygen atoms in total. The van der Waals surface area contributed by atoms with Crippen molar-refractivity contribution in [2.45, 2.75) is 44.5 Å². The van der Waals surface area contributed by atoms with E-state index in [4.69, 9.17) is 9.47 Å². The maximum Gasteiger partial charge on any atom is 0.274 e. The van der Waals surface area contributed by atoms with Crippen molar-refractivity contribution >= 4 is 28.8 Å². The van der Waals surface area contributed by atoms with E-state index < -0.39 is 11.6 Å². The van der Waals surface area contributed by atoms with Crippen molar-refractivity contribution in [1.29, 1.82) is 0 Å². The Morgan fingerprint density at radius 2 is 2.19 bits per heavy atom. The van der Waals surface area contributed by atoms with Gasteiger partial charge in [-0.25, -0.2) is 4.39 Å². The van der Waals surface area contributed by atoms with Gasteiger partial charge in [-0.1, -0.05) is 6.07 Å². The number of aldehydes is 1. The van der Waals surface area contributed by atoms with Crippen molar-refractivity contribution in [3.8, 4) is 5.75 Å². The highest BCUT2D eigenvalue weighted by molar-refractivity contribution is 6.06. The van der Waals surface area contributed by atoms with Gasteiger partial charge >= 0.3 is 0 Å². The average Bonchev–Trinajstić information content (AvgIpc) is 3.20. The van der Waals surface area contributed by atoms with E-state index >= 15 is 0 Å². The summed E-state index contributed by atoms with van der Waals surface area (Å²) in [5.41, 5.74) is -0.376. The first-order valence-corrected chi connectivity index (χ1v) is 10.4. The number of carbonyl (C=O) groups excluding carboxylic acids is 2. The zero-order valence-corrected chi connectivity index (χ0v) is 18.2. The van der Waals surface area contributed by atoms with Gasteiger partial charge in [0.1, 0.15) is 29.5 Å². The lowest BCUT2D eigenvalue weighted by molar-refractivity contribution is -0.122. The Morgan fingerprint density at radius 1 is 1.38 bits per heavy atom. The first kappa shape index (κ1) is 21.9. The number of benzene rings is 1. The van der Waals surface area contributed by atoms with Crippen molar-refractivity contribution in [1.82, 2.24) is 14.8 Å². The number of ether oxygens (including phenoxy) is 2. The lowest BCUT2D eigenvalue weighted by Gasteiger charge is -2.26. The van der Waals surface area contributed by atoms with Gasteiger partial charge in [-0.15, -0.1) is 0 Å². The third kappa shape index (κ3) is 4.34. The largest absolute Gasteiger partial charge is 0.494 e. The molecule has 0 radical (unpaired) electrons. The predicted octanol–water partition coefficient (Wildman–Crippen LogP) is 3.82. The summed E-state index contributed by atoms with van der Waals surface area (Å²) in [6.07, 6.45) is 5.22. The highest BCUT2D eigenvalue weighted by atomic mass is 19.1. The standard InChI is InChI=1S/C23H25FN4O4/c1-23(2,24)17-5-4-8-25-21(17)22(30)26-19-9-14-11-28(27-18(14)10-20(19)31-3)15-6-7-16(12-29)32-13-15/h4-5,8-12,15-16H,6-7,13H2,1-3H3,(H,26,30)/t15-,16-/m1/s1. The predicted molar refractivity (Wildman–Crippen MR) is 117 cm³/mol. The highest BCUT2D eigenvalue weighted by Crippen LogP contribution is 2.33. The molecule has 32 heavy (non-hydrogen) atoms. The fourth-order valence-corrected chi connectivity index (χ4v) is 3.85. The molecule has 2 aromatic heterocycles. The van der Waals surface area contributed by atoms with Crippen LogP contribution < -0.4 is 10.1 Å². The second kappa shape index (κ2) is 8.66. The van der Waals surface area contributed by atoms with Crippen LogP contribution in [-0.2, 0) is 15.2 Å². The number of nitrogens with zero attached hydrogens (tertiary/aromatic N) is 3. The SMILES string of the molecule is COc1cc2nn([C@@H]3CC[C@H](C=O)OC3)cc2cc1NC(=O)c1ncccc1C(C)(C)F. The van der Waals surface area contributed by atoms with Crippen LogP contribution in [0.5, 0.6) is 5.75 Å². The van der Waals surface area contributed by atoms with Crippen LogP contribution >= 0.6 is 0 Å². The average molecular weight is 440 g/mol. The van der Waals surface area contributed by atoms with Gasteiger partial charge in [-0.05, 0) is 38.8 Å². The van der Waals surface area contributed by atoms with Crippen LogP contribution in [0, 0.1) is 0 Å². The third-order valence-electron chi connectivity index (χ3n) is 5.57. The minimum atomic E-state index is -1.72. The summed E-state index contributed by atoms with van der Waals surface area (Å²) in [5.74, 6) is -0.106.